The van der Waals surface area contributed by atoms with Crippen LogP contribution in [0.3, 0.4) is 0 Å². The topological polar surface area (TPSA) is 50.6 Å². The van der Waals surface area contributed by atoms with Gasteiger partial charge in [-0.15, -0.1) is 0 Å². The van der Waals surface area contributed by atoms with Crippen molar-refractivity contribution in [3.63, 3.8) is 0 Å². The summed E-state index contributed by atoms with van der Waals surface area (Å²) in [7, 11) is 1.84. The van der Waals surface area contributed by atoms with E-state index in [0.717, 1.165) is 45.6 Å². The minimum atomic E-state index is 0.0427. The van der Waals surface area contributed by atoms with Crippen molar-refractivity contribution in [2.24, 2.45) is 0 Å². The van der Waals surface area contributed by atoms with Crippen LogP contribution in [0.5, 0.6) is 0 Å². The Morgan fingerprint density at radius 1 is 1.32 bits per heavy atom. The molecule has 5 heteroatoms. The zero-order valence-electron chi connectivity index (χ0n) is 12.4. The quantitative estimate of drug-likeness (QED) is 0.713. The van der Waals surface area contributed by atoms with Gasteiger partial charge >= 0.3 is 0 Å². The van der Waals surface area contributed by atoms with Gasteiger partial charge in [-0.3, -0.25) is 14.6 Å². The lowest BCUT2D eigenvalue weighted by Crippen LogP contribution is -2.52. The first-order valence-corrected chi connectivity index (χ1v) is 7.22. The van der Waals surface area contributed by atoms with Crippen molar-refractivity contribution < 1.29 is 4.79 Å². The third-order valence-electron chi connectivity index (χ3n) is 3.82. The van der Waals surface area contributed by atoms with Crippen molar-refractivity contribution in [2.75, 3.05) is 46.3 Å². The first-order chi connectivity index (χ1) is 9.12. The summed E-state index contributed by atoms with van der Waals surface area (Å²) in [5.41, 5.74) is 0. The number of likely N-dealkylation sites (N-methyl/N-ethyl adjacent to an activating group) is 1. The van der Waals surface area contributed by atoms with Gasteiger partial charge in [0.1, 0.15) is 0 Å². The van der Waals surface area contributed by atoms with E-state index in [0.29, 0.717) is 6.54 Å². The summed E-state index contributed by atoms with van der Waals surface area (Å²) >= 11 is 0. The van der Waals surface area contributed by atoms with E-state index in [1.165, 1.54) is 0 Å². The van der Waals surface area contributed by atoms with Crippen LogP contribution >= 0.6 is 0 Å². The average Bonchev–Trinajstić information content (AvgIpc) is 2.44. The van der Waals surface area contributed by atoms with Gasteiger partial charge in [0.25, 0.3) is 0 Å². The second-order valence-electron chi connectivity index (χ2n) is 5.15. The van der Waals surface area contributed by atoms with Crippen LogP contribution < -0.4 is 0 Å². The Morgan fingerprint density at radius 2 is 1.95 bits per heavy atom. The Hall–Kier alpha value is -1.12. The SMILES string of the molecule is CCCC(C#N)N1CCN(CC(=O)N(C)CC)CC1. The highest BCUT2D eigenvalue weighted by Crippen LogP contribution is 2.10. The van der Waals surface area contributed by atoms with E-state index in [1.807, 2.05) is 14.0 Å². The zero-order valence-corrected chi connectivity index (χ0v) is 12.4. The number of piperazine rings is 1. The number of hydrogen-bond acceptors (Lipinski definition) is 4. The average molecular weight is 266 g/mol. The molecule has 1 aliphatic heterocycles. The molecule has 1 amide bonds. The zero-order chi connectivity index (χ0) is 14.3. The lowest BCUT2D eigenvalue weighted by atomic mass is 10.1. The summed E-state index contributed by atoms with van der Waals surface area (Å²) in [4.78, 5) is 18.0. The molecule has 108 valence electrons. The van der Waals surface area contributed by atoms with Crippen molar-refractivity contribution in [2.45, 2.75) is 32.7 Å². The van der Waals surface area contributed by atoms with E-state index in [9.17, 15) is 4.79 Å². The molecule has 1 unspecified atom stereocenters. The fourth-order valence-electron chi connectivity index (χ4n) is 2.32. The molecule has 1 atom stereocenters. The lowest BCUT2D eigenvalue weighted by Gasteiger charge is -2.37. The molecular weight excluding hydrogens is 240 g/mol. The van der Waals surface area contributed by atoms with Crippen LogP contribution in [-0.2, 0) is 4.79 Å². The maximum absolute atomic E-state index is 11.8. The van der Waals surface area contributed by atoms with Crippen molar-refractivity contribution >= 4 is 5.91 Å². The van der Waals surface area contributed by atoms with Crippen molar-refractivity contribution in [1.82, 2.24) is 14.7 Å². The summed E-state index contributed by atoms with van der Waals surface area (Å²) in [5, 5.41) is 9.16. The molecule has 19 heavy (non-hydrogen) atoms. The predicted molar refractivity (Wildman–Crippen MR) is 75.6 cm³/mol. The van der Waals surface area contributed by atoms with Gasteiger partial charge in [-0.2, -0.15) is 5.26 Å². The Morgan fingerprint density at radius 3 is 2.42 bits per heavy atom. The van der Waals surface area contributed by atoms with E-state index in [-0.39, 0.29) is 11.9 Å². The molecule has 0 aliphatic carbocycles. The molecule has 0 aromatic rings. The summed E-state index contributed by atoms with van der Waals surface area (Å²) in [6, 6.07) is 2.43. The number of hydrogen-bond donors (Lipinski definition) is 0. The van der Waals surface area contributed by atoms with E-state index >= 15 is 0 Å². The van der Waals surface area contributed by atoms with E-state index < -0.39 is 0 Å². The highest BCUT2D eigenvalue weighted by Gasteiger charge is 2.24. The molecule has 0 saturated carbocycles. The Bertz CT molecular complexity index is 318. The number of carbonyl (C=O) groups excluding carboxylic acids is 1. The Kier molecular flexibility index (Phi) is 6.82. The fourth-order valence-corrected chi connectivity index (χ4v) is 2.32. The van der Waals surface area contributed by atoms with Gasteiger partial charge < -0.3 is 4.90 Å². The highest BCUT2D eigenvalue weighted by molar-refractivity contribution is 5.77. The first-order valence-electron chi connectivity index (χ1n) is 7.22. The summed E-state index contributed by atoms with van der Waals surface area (Å²) in [5.74, 6) is 0.182. The summed E-state index contributed by atoms with van der Waals surface area (Å²) in [6.07, 6.45) is 1.98. The minimum Gasteiger partial charge on any atom is -0.345 e. The van der Waals surface area contributed by atoms with Crippen LogP contribution in [0.15, 0.2) is 0 Å². The molecule has 5 nitrogen and oxygen atoms in total. The molecule has 1 aliphatic rings. The van der Waals surface area contributed by atoms with E-state index in [4.69, 9.17) is 5.26 Å². The minimum absolute atomic E-state index is 0.0427. The third kappa shape index (κ3) is 4.81. The van der Waals surface area contributed by atoms with Crippen LogP contribution in [0.4, 0.5) is 0 Å². The normalized spacial score (nSPS) is 18.8. The molecule has 0 bridgehead atoms. The molecule has 0 radical (unpaired) electrons. The van der Waals surface area contributed by atoms with Crippen molar-refractivity contribution in [3.05, 3.63) is 0 Å². The second-order valence-corrected chi connectivity index (χ2v) is 5.15. The van der Waals surface area contributed by atoms with E-state index in [2.05, 4.69) is 22.8 Å². The second kappa shape index (κ2) is 8.13. The van der Waals surface area contributed by atoms with E-state index in [1.54, 1.807) is 4.90 Å². The predicted octanol–water partition coefficient (Wildman–Crippen LogP) is 0.775. The van der Waals surface area contributed by atoms with Crippen molar-refractivity contribution in [1.29, 1.82) is 5.26 Å². The molecule has 0 spiro atoms. The molecule has 1 fully saturated rings. The molecular formula is C14H26N4O. The van der Waals surface area contributed by atoms with Crippen LogP contribution in [0.2, 0.25) is 0 Å². The van der Waals surface area contributed by atoms with Crippen LogP contribution in [0.25, 0.3) is 0 Å². The van der Waals surface area contributed by atoms with Gasteiger partial charge in [0.05, 0.1) is 18.7 Å². The molecule has 0 N–H and O–H groups in total. The van der Waals surface area contributed by atoms with Gasteiger partial charge in [0.2, 0.25) is 5.91 Å². The molecule has 0 aromatic heterocycles. The van der Waals surface area contributed by atoms with Crippen LogP contribution in [0, 0.1) is 11.3 Å². The molecule has 1 rings (SSSR count). The maximum atomic E-state index is 11.8. The van der Waals surface area contributed by atoms with Crippen molar-refractivity contribution in [3.8, 4) is 6.07 Å². The number of nitriles is 1. The Balaban J connectivity index is 2.36. The van der Waals surface area contributed by atoms with Gasteiger partial charge in [0, 0.05) is 39.8 Å². The van der Waals surface area contributed by atoms with Gasteiger partial charge in [-0.1, -0.05) is 13.3 Å². The molecule has 0 aromatic carbocycles. The lowest BCUT2D eigenvalue weighted by molar-refractivity contribution is -0.131. The first kappa shape index (κ1) is 15.9. The highest BCUT2D eigenvalue weighted by atomic mass is 16.2. The van der Waals surface area contributed by atoms with Gasteiger partial charge in [-0.05, 0) is 13.3 Å². The Labute approximate surface area is 116 Å². The number of rotatable bonds is 6. The largest absolute Gasteiger partial charge is 0.345 e. The van der Waals surface area contributed by atoms with Crippen LogP contribution in [-0.4, -0.2) is 73.0 Å². The van der Waals surface area contributed by atoms with Crippen LogP contribution in [0.1, 0.15) is 26.7 Å². The molecule has 1 saturated heterocycles. The summed E-state index contributed by atoms with van der Waals surface area (Å²) < 4.78 is 0. The summed E-state index contributed by atoms with van der Waals surface area (Å²) in [6.45, 7) is 8.89. The fraction of sp³-hybridized carbons (Fsp3) is 0.857. The van der Waals surface area contributed by atoms with Gasteiger partial charge in [-0.25, -0.2) is 0 Å². The standard InChI is InChI=1S/C14H26N4O/c1-4-6-13(11-15)18-9-7-17(8-10-18)12-14(19)16(3)5-2/h13H,4-10,12H2,1-3H3. The monoisotopic (exact) mass is 266 g/mol. The van der Waals surface area contributed by atoms with Gasteiger partial charge in [0.15, 0.2) is 0 Å². The maximum Gasteiger partial charge on any atom is 0.236 e. The third-order valence-corrected chi connectivity index (χ3v) is 3.82. The smallest absolute Gasteiger partial charge is 0.236 e. The molecule has 1 heterocycles. The number of carbonyl (C=O) groups is 1. The number of amides is 1. The number of nitrogens with zero attached hydrogens (tertiary/aromatic N) is 4.